The minimum atomic E-state index is -4.35. The molecule has 0 saturated heterocycles. The Kier molecular flexibility index (Phi) is 23.0. The quantitative estimate of drug-likeness (QED) is 0.0950. The zero-order valence-electron chi connectivity index (χ0n) is 32.1. The number of halogens is 3. The van der Waals surface area contributed by atoms with E-state index in [1.165, 1.54) is 10.7 Å². The number of rotatable bonds is 13. The lowest BCUT2D eigenvalue weighted by Gasteiger charge is -2.31. The van der Waals surface area contributed by atoms with Gasteiger partial charge in [-0.25, -0.2) is 4.79 Å². The van der Waals surface area contributed by atoms with Gasteiger partial charge >= 0.3 is 11.7 Å². The molecule has 1 amide bonds. The van der Waals surface area contributed by atoms with Gasteiger partial charge in [0, 0.05) is 26.1 Å². The largest absolute Gasteiger partial charge is 0.778 e. The number of benzene rings is 2. The van der Waals surface area contributed by atoms with Crippen molar-refractivity contribution < 1.29 is 38.5 Å². The number of aromatic nitrogens is 3. The van der Waals surface area contributed by atoms with E-state index in [1.54, 1.807) is 22.6 Å². The number of ether oxygens (including phenoxy) is 2. The van der Waals surface area contributed by atoms with Crippen molar-refractivity contribution in [2.45, 2.75) is 59.0 Å². The third-order valence-electron chi connectivity index (χ3n) is 7.27. The number of hydrogen-bond acceptors (Lipinski definition) is 9. The maximum absolute atomic E-state index is 12.5. The van der Waals surface area contributed by atoms with Gasteiger partial charge in [-0.2, -0.15) is 4.68 Å². The second-order valence-corrected chi connectivity index (χ2v) is 17.5. The molecule has 0 fully saturated rings. The molecular weight excluding hydrogens is 816 g/mol. The number of amides is 1. The maximum Gasteiger partial charge on any atom is 0.350 e. The normalized spacial score (nSPS) is 13.2. The summed E-state index contributed by atoms with van der Waals surface area (Å²) in [6.45, 7) is 6.84. The predicted molar refractivity (Wildman–Crippen MR) is 221 cm³/mol. The molecule has 0 aliphatic carbocycles. The summed E-state index contributed by atoms with van der Waals surface area (Å²) in [5.74, 6) is 2.23. The van der Waals surface area contributed by atoms with Crippen LogP contribution in [-0.2, 0) is 49.2 Å². The van der Waals surface area contributed by atoms with Gasteiger partial charge in [-0.1, -0.05) is 54.2 Å². The molecule has 3 N–H and O–H groups in total. The van der Waals surface area contributed by atoms with E-state index in [0.29, 0.717) is 45.5 Å². The molecule has 55 heavy (non-hydrogen) atoms. The molecule has 1 aliphatic heterocycles. The maximum atomic E-state index is 12.5. The molecule has 14 nitrogen and oxygen atoms in total. The number of fused-ring (bicyclic) bond motifs is 1. The third-order valence-corrected chi connectivity index (χ3v) is 8.72. The van der Waals surface area contributed by atoms with E-state index in [-0.39, 0.29) is 30.1 Å². The Morgan fingerprint density at radius 2 is 1.87 bits per heavy atom. The third kappa shape index (κ3) is 17.3. The first-order valence-electron chi connectivity index (χ1n) is 17.0. The first kappa shape index (κ1) is 50.0. The number of para-hydroxylation sites is 1. The van der Waals surface area contributed by atoms with Crippen molar-refractivity contribution in [1.82, 2.24) is 19.7 Å². The number of hydrogen-bond donors (Lipinski definition) is 3. The minimum absolute atomic E-state index is 0.0223. The summed E-state index contributed by atoms with van der Waals surface area (Å²) in [6, 6.07) is 9.15. The van der Waals surface area contributed by atoms with Crippen LogP contribution in [0.15, 0.2) is 35.1 Å². The molecule has 1 aliphatic rings. The Hall–Kier alpha value is -3.03. The SMILES string of the molecule is C#CCOc1cc(-n2nc3n(c2=O)CCCC3)c(Cl)cc1Cl.CCc1cccc(C)c1N(C(=O)CCl)C(C)COC.C[S+](C)C.O=C(O)CNCP(=O)([O-])O. The van der Waals surface area contributed by atoms with E-state index in [0.717, 1.165) is 48.3 Å². The summed E-state index contributed by atoms with van der Waals surface area (Å²) in [4.78, 5) is 54.2. The Morgan fingerprint density at radius 3 is 2.40 bits per heavy atom. The van der Waals surface area contributed by atoms with Gasteiger partial charge < -0.3 is 33.8 Å². The second kappa shape index (κ2) is 25.3. The van der Waals surface area contributed by atoms with Crippen molar-refractivity contribution in [2.24, 2.45) is 0 Å². The predicted octanol–water partition coefficient (Wildman–Crippen LogP) is 4.51. The molecule has 306 valence electrons. The number of aliphatic carboxylic acids is 1. The van der Waals surface area contributed by atoms with Crippen LogP contribution in [0.1, 0.15) is 43.6 Å². The van der Waals surface area contributed by atoms with E-state index < -0.39 is 26.4 Å². The number of nitrogens with one attached hydrogen (secondary N) is 1. The van der Waals surface area contributed by atoms with Crippen molar-refractivity contribution >= 4 is 70.9 Å². The van der Waals surface area contributed by atoms with Crippen molar-refractivity contribution in [2.75, 3.05) is 62.7 Å². The van der Waals surface area contributed by atoms with Gasteiger partial charge in [-0.15, -0.1) is 23.1 Å². The zero-order chi connectivity index (χ0) is 41.9. The summed E-state index contributed by atoms with van der Waals surface area (Å²) >= 11 is 18.0. The van der Waals surface area contributed by atoms with Gasteiger partial charge in [-0.05, 0) is 61.2 Å². The van der Waals surface area contributed by atoms with Crippen molar-refractivity contribution in [3.05, 3.63) is 67.8 Å². The molecular formula is C36H51Cl3N5O9PS. The van der Waals surface area contributed by atoms with Crippen molar-refractivity contribution in [3.8, 4) is 23.8 Å². The molecule has 2 atom stereocenters. The van der Waals surface area contributed by atoms with Gasteiger partial charge in [0.25, 0.3) is 0 Å². The van der Waals surface area contributed by atoms with Gasteiger partial charge in [0.1, 0.15) is 31.7 Å². The molecule has 3 aromatic rings. The first-order chi connectivity index (χ1) is 25.8. The van der Waals surface area contributed by atoms with Crippen LogP contribution < -0.4 is 25.5 Å². The van der Waals surface area contributed by atoms with Crippen LogP contribution in [0, 0.1) is 19.3 Å². The molecule has 0 bridgehead atoms. The van der Waals surface area contributed by atoms with Gasteiger partial charge in [0.15, 0.2) is 0 Å². The van der Waals surface area contributed by atoms with Crippen LogP contribution in [0.5, 0.6) is 5.75 Å². The van der Waals surface area contributed by atoms with Crippen LogP contribution >= 0.6 is 42.4 Å². The number of methoxy groups -OCH3 is 1. The van der Waals surface area contributed by atoms with Gasteiger partial charge in [-0.3, -0.25) is 19.5 Å². The summed E-state index contributed by atoms with van der Waals surface area (Å²) in [5.41, 5.74) is 3.44. The van der Waals surface area contributed by atoms with E-state index in [1.807, 2.05) is 31.3 Å². The molecule has 1 aromatic heterocycles. The number of nitrogens with zero attached hydrogens (tertiary/aromatic N) is 4. The van der Waals surface area contributed by atoms with Crippen molar-refractivity contribution in [1.29, 1.82) is 0 Å². The molecule has 2 aromatic carbocycles. The zero-order valence-corrected chi connectivity index (χ0v) is 36.1. The average Bonchev–Trinajstić information content (AvgIpc) is 3.44. The van der Waals surface area contributed by atoms with Crippen LogP contribution in [0.4, 0.5) is 5.69 Å². The van der Waals surface area contributed by atoms with Crippen LogP contribution in [0.3, 0.4) is 0 Å². The van der Waals surface area contributed by atoms with E-state index in [9.17, 15) is 23.8 Å². The standard InChI is InChI=1S/C15H13Cl2N3O2.C15H22ClNO2.C3H8NO5P.C3H9S/c1-2-7-22-13-9-12(10(16)8-11(13)17)20-15(21)19-6-4-3-5-14(19)18-20;1-5-13-8-6-7-11(2)15(13)17(14(18)9-16)12(3)10-19-4;5-3(6)1-4-2-10(7,8)9;1-4(2)3/h1,8-9H,3-7H2;6-8,12H,5,9-10H2,1-4H3;4H,1-2H2,(H,5,6)(H2,7,8,9);1-3H3/q;;;+1/p-1. The lowest BCUT2D eigenvalue weighted by molar-refractivity contribution is -0.193. The highest BCUT2D eigenvalue weighted by Gasteiger charge is 2.25. The number of carboxylic acids is 1. The molecule has 2 unspecified atom stereocenters. The highest BCUT2D eigenvalue weighted by atomic mass is 35.5. The van der Waals surface area contributed by atoms with Crippen molar-refractivity contribution in [3.63, 3.8) is 0 Å². The minimum Gasteiger partial charge on any atom is -0.778 e. The smallest absolute Gasteiger partial charge is 0.350 e. The van der Waals surface area contributed by atoms with E-state index in [2.05, 4.69) is 42.8 Å². The molecule has 4 rings (SSSR count). The highest BCUT2D eigenvalue weighted by molar-refractivity contribution is 7.94. The fraction of sp³-hybridized carbons (Fsp3) is 0.500. The molecule has 0 radical (unpaired) electrons. The lowest BCUT2D eigenvalue weighted by Crippen LogP contribution is -2.43. The van der Waals surface area contributed by atoms with Gasteiger partial charge in [0.05, 0.1) is 65.7 Å². The number of anilines is 1. The number of carboxylic acid groups (broad SMARTS) is 1. The monoisotopic (exact) mass is 865 g/mol. The molecule has 0 spiro atoms. The van der Waals surface area contributed by atoms with Crippen LogP contribution in [0.2, 0.25) is 10.0 Å². The number of carbonyl (C=O) groups is 2. The lowest BCUT2D eigenvalue weighted by atomic mass is 10.0. The molecule has 19 heteroatoms. The Bertz CT molecular complexity index is 1840. The highest BCUT2D eigenvalue weighted by Crippen LogP contribution is 2.33. The number of carbonyl (C=O) groups excluding carboxylic acids is 1. The van der Waals surface area contributed by atoms with E-state index >= 15 is 0 Å². The van der Waals surface area contributed by atoms with E-state index in [4.69, 9.17) is 60.7 Å². The molecule has 0 saturated carbocycles. The average molecular weight is 867 g/mol. The Labute approximate surface area is 340 Å². The van der Waals surface area contributed by atoms with Crippen LogP contribution in [-0.4, -0.2) is 100 Å². The van der Waals surface area contributed by atoms with Crippen LogP contribution in [0.25, 0.3) is 5.69 Å². The number of terminal acetylenes is 1. The Morgan fingerprint density at radius 1 is 1.22 bits per heavy atom. The topological polar surface area (TPSA) is 188 Å². The number of alkyl halides is 1. The summed E-state index contributed by atoms with van der Waals surface area (Å²) in [6.07, 6.45) is 14.7. The summed E-state index contributed by atoms with van der Waals surface area (Å²) in [5, 5.41) is 15.0. The fourth-order valence-corrected chi connectivity index (χ4v) is 6.13. The first-order valence-corrected chi connectivity index (χ1v) is 22.5. The Balaban J connectivity index is 0.000000416. The summed E-state index contributed by atoms with van der Waals surface area (Å²) < 4.78 is 23.5. The fourth-order valence-electron chi connectivity index (χ4n) is 5.09. The molecule has 2 heterocycles. The van der Waals surface area contributed by atoms with Gasteiger partial charge in [0.2, 0.25) is 5.91 Å². The summed E-state index contributed by atoms with van der Waals surface area (Å²) in [7, 11) is -2.07. The second-order valence-electron chi connectivity index (χ2n) is 12.4. The number of aryl methyl sites for hydroxylation is 3.